The number of hydrogen-bond donors (Lipinski definition) is 2. The molecule has 3 rings (SSSR count). The summed E-state index contributed by atoms with van der Waals surface area (Å²) in [5, 5.41) is 6.30. The van der Waals surface area contributed by atoms with Crippen LogP contribution in [0.2, 0.25) is 0 Å². The number of carbonyl (C=O) groups is 2. The number of hydrazone groups is 1. The van der Waals surface area contributed by atoms with Gasteiger partial charge in [0.25, 0.3) is 0 Å². The molecular weight excluding hydrogens is 350 g/mol. The molecule has 0 radical (unpaired) electrons. The lowest BCUT2D eigenvalue weighted by molar-refractivity contribution is -0.139. The van der Waals surface area contributed by atoms with Crippen molar-refractivity contribution in [1.82, 2.24) is 10.7 Å². The molecule has 1 heterocycles. The van der Waals surface area contributed by atoms with E-state index in [1.165, 1.54) is 6.21 Å². The summed E-state index contributed by atoms with van der Waals surface area (Å²) in [6, 6.07) is 12.5. The van der Waals surface area contributed by atoms with Gasteiger partial charge in [0, 0.05) is 6.54 Å². The fourth-order valence-electron chi connectivity index (χ4n) is 2.35. The van der Waals surface area contributed by atoms with E-state index in [9.17, 15) is 9.59 Å². The molecule has 1 aliphatic heterocycles. The van der Waals surface area contributed by atoms with Crippen LogP contribution in [0, 0.1) is 0 Å². The Morgan fingerprint density at radius 3 is 2.67 bits per heavy atom. The third-order valence-electron chi connectivity index (χ3n) is 3.67. The first kappa shape index (κ1) is 18.2. The van der Waals surface area contributed by atoms with Crippen molar-refractivity contribution in [2.45, 2.75) is 13.5 Å². The Labute approximate surface area is 156 Å². The zero-order valence-electron chi connectivity index (χ0n) is 14.7. The topological polar surface area (TPSA) is 98.2 Å². The quantitative estimate of drug-likeness (QED) is 0.458. The third-order valence-corrected chi connectivity index (χ3v) is 3.67. The van der Waals surface area contributed by atoms with Gasteiger partial charge < -0.3 is 19.5 Å². The van der Waals surface area contributed by atoms with E-state index in [0.29, 0.717) is 18.1 Å². The van der Waals surface area contributed by atoms with Crippen LogP contribution < -0.4 is 25.0 Å². The number of carbonyl (C=O) groups excluding carboxylic acids is 2. The molecule has 2 aromatic rings. The Morgan fingerprint density at radius 2 is 1.89 bits per heavy atom. The van der Waals surface area contributed by atoms with Crippen LogP contribution in [0.1, 0.15) is 18.1 Å². The van der Waals surface area contributed by atoms with Gasteiger partial charge in [-0.15, -0.1) is 0 Å². The molecule has 0 atom stereocenters. The number of nitrogens with one attached hydrogen (secondary N) is 2. The number of hydrogen-bond acceptors (Lipinski definition) is 6. The second-order valence-electron chi connectivity index (χ2n) is 5.57. The molecular formula is C19H19N3O5. The van der Waals surface area contributed by atoms with Crippen LogP contribution in [0.5, 0.6) is 17.2 Å². The van der Waals surface area contributed by atoms with Crippen molar-refractivity contribution in [2.75, 3.05) is 13.4 Å². The van der Waals surface area contributed by atoms with Gasteiger partial charge in [-0.2, -0.15) is 5.10 Å². The normalized spacial score (nSPS) is 12.0. The van der Waals surface area contributed by atoms with Crippen molar-refractivity contribution >= 4 is 18.0 Å². The lowest BCUT2D eigenvalue weighted by atomic mass is 10.2. The van der Waals surface area contributed by atoms with Crippen LogP contribution in [0.3, 0.4) is 0 Å². The highest BCUT2D eigenvalue weighted by Gasteiger charge is 2.15. The molecule has 0 aromatic heterocycles. The molecule has 1 aliphatic rings. The average Bonchev–Trinajstić information content (AvgIpc) is 3.15. The van der Waals surface area contributed by atoms with Crippen molar-refractivity contribution in [3.8, 4) is 17.2 Å². The Hall–Kier alpha value is -3.55. The molecule has 0 spiro atoms. The molecule has 0 saturated heterocycles. The first-order valence-corrected chi connectivity index (χ1v) is 8.38. The smallest absolute Gasteiger partial charge is 0.329 e. The van der Waals surface area contributed by atoms with Gasteiger partial charge in [0.1, 0.15) is 5.75 Å². The number of ether oxygens (including phenoxy) is 3. The maximum absolute atomic E-state index is 11.8. The van der Waals surface area contributed by atoms with Crippen molar-refractivity contribution < 1.29 is 23.8 Å². The minimum Gasteiger partial charge on any atom is -0.494 e. The highest BCUT2D eigenvalue weighted by Crippen LogP contribution is 2.32. The molecule has 0 fully saturated rings. The summed E-state index contributed by atoms with van der Waals surface area (Å²) >= 11 is 0. The fourth-order valence-corrected chi connectivity index (χ4v) is 2.35. The lowest BCUT2D eigenvalue weighted by Gasteiger charge is -2.05. The summed E-state index contributed by atoms with van der Waals surface area (Å²) in [4.78, 5) is 23.6. The predicted octanol–water partition coefficient (Wildman–Crippen LogP) is 1.58. The summed E-state index contributed by atoms with van der Waals surface area (Å²) in [5.41, 5.74) is 3.74. The molecule has 2 N–H and O–H groups in total. The van der Waals surface area contributed by atoms with Gasteiger partial charge in [0.05, 0.1) is 12.8 Å². The number of rotatable bonds is 6. The van der Waals surface area contributed by atoms with E-state index in [0.717, 1.165) is 16.9 Å². The first-order chi connectivity index (χ1) is 13.2. The van der Waals surface area contributed by atoms with E-state index in [1.54, 1.807) is 42.5 Å². The van der Waals surface area contributed by atoms with Gasteiger partial charge in [-0.1, -0.05) is 6.07 Å². The Balaban J connectivity index is 1.45. The van der Waals surface area contributed by atoms with Gasteiger partial charge >= 0.3 is 11.8 Å². The summed E-state index contributed by atoms with van der Waals surface area (Å²) in [6.45, 7) is 2.86. The second-order valence-corrected chi connectivity index (χ2v) is 5.57. The zero-order valence-corrected chi connectivity index (χ0v) is 14.7. The third kappa shape index (κ3) is 4.97. The standard InChI is InChI=1S/C19H19N3O5/c1-2-25-15-6-3-13(4-7-15)11-21-22-19(24)18(23)20-10-14-5-8-16-17(9-14)27-12-26-16/h3-9,11H,2,10,12H2,1H3,(H,20,23)(H,22,24)/b21-11+. The Kier molecular flexibility index (Phi) is 5.88. The lowest BCUT2D eigenvalue weighted by Crippen LogP contribution is -2.37. The van der Waals surface area contributed by atoms with E-state index in [1.807, 2.05) is 6.92 Å². The highest BCUT2D eigenvalue weighted by molar-refractivity contribution is 6.35. The van der Waals surface area contributed by atoms with E-state index in [-0.39, 0.29) is 13.3 Å². The van der Waals surface area contributed by atoms with Crippen LogP contribution in [-0.2, 0) is 16.1 Å². The molecule has 0 aliphatic carbocycles. The molecule has 0 saturated carbocycles. The zero-order chi connectivity index (χ0) is 19.1. The molecule has 8 heteroatoms. The monoisotopic (exact) mass is 369 g/mol. The molecule has 2 amide bonds. The van der Waals surface area contributed by atoms with Gasteiger partial charge in [0.15, 0.2) is 11.5 Å². The van der Waals surface area contributed by atoms with Crippen LogP contribution in [-0.4, -0.2) is 31.4 Å². The van der Waals surface area contributed by atoms with E-state index < -0.39 is 11.8 Å². The largest absolute Gasteiger partial charge is 0.494 e. The Bertz CT molecular complexity index is 849. The second kappa shape index (κ2) is 8.70. The predicted molar refractivity (Wildman–Crippen MR) is 97.8 cm³/mol. The summed E-state index contributed by atoms with van der Waals surface area (Å²) in [6.07, 6.45) is 1.44. The Morgan fingerprint density at radius 1 is 1.11 bits per heavy atom. The van der Waals surface area contributed by atoms with E-state index in [4.69, 9.17) is 14.2 Å². The maximum atomic E-state index is 11.8. The van der Waals surface area contributed by atoms with E-state index in [2.05, 4.69) is 15.8 Å². The molecule has 2 aromatic carbocycles. The number of fused-ring (bicyclic) bond motifs is 1. The fraction of sp³-hybridized carbons (Fsp3) is 0.211. The first-order valence-electron chi connectivity index (χ1n) is 8.38. The van der Waals surface area contributed by atoms with Crippen molar-refractivity contribution in [3.05, 3.63) is 53.6 Å². The molecule has 0 bridgehead atoms. The molecule has 140 valence electrons. The minimum absolute atomic E-state index is 0.180. The molecule has 0 unspecified atom stereocenters. The van der Waals surface area contributed by atoms with Crippen LogP contribution in [0.15, 0.2) is 47.6 Å². The minimum atomic E-state index is -0.849. The van der Waals surface area contributed by atoms with Crippen LogP contribution in [0.4, 0.5) is 0 Å². The van der Waals surface area contributed by atoms with Crippen molar-refractivity contribution in [3.63, 3.8) is 0 Å². The summed E-state index contributed by atoms with van der Waals surface area (Å²) in [7, 11) is 0. The number of benzene rings is 2. The SMILES string of the molecule is CCOc1ccc(/C=N/NC(=O)C(=O)NCc2ccc3c(c2)OCO3)cc1. The summed E-state index contributed by atoms with van der Waals surface area (Å²) in [5.74, 6) is 0.397. The number of amides is 2. The van der Waals surface area contributed by atoms with Gasteiger partial charge in [-0.3, -0.25) is 9.59 Å². The summed E-state index contributed by atoms with van der Waals surface area (Å²) < 4.78 is 15.8. The van der Waals surface area contributed by atoms with E-state index >= 15 is 0 Å². The van der Waals surface area contributed by atoms with Crippen LogP contribution in [0.25, 0.3) is 0 Å². The number of nitrogens with zero attached hydrogens (tertiary/aromatic N) is 1. The van der Waals surface area contributed by atoms with Crippen LogP contribution >= 0.6 is 0 Å². The molecule has 8 nitrogen and oxygen atoms in total. The molecule has 27 heavy (non-hydrogen) atoms. The van der Waals surface area contributed by atoms with Crippen molar-refractivity contribution in [2.24, 2.45) is 5.10 Å². The average molecular weight is 369 g/mol. The van der Waals surface area contributed by atoms with Crippen molar-refractivity contribution in [1.29, 1.82) is 0 Å². The van der Waals surface area contributed by atoms with Gasteiger partial charge in [-0.05, 0) is 54.4 Å². The van der Waals surface area contributed by atoms with Gasteiger partial charge in [-0.25, -0.2) is 5.43 Å². The van der Waals surface area contributed by atoms with Gasteiger partial charge in [0.2, 0.25) is 6.79 Å². The maximum Gasteiger partial charge on any atom is 0.329 e. The highest BCUT2D eigenvalue weighted by atomic mass is 16.7.